The van der Waals surface area contributed by atoms with E-state index in [0.717, 1.165) is 0 Å². The van der Waals surface area contributed by atoms with Gasteiger partial charge >= 0.3 is 5.97 Å². The average Bonchev–Trinajstić information content (AvgIpc) is 3.54. The molecule has 0 amide bonds. The lowest BCUT2D eigenvalue weighted by Crippen LogP contribution is -2.23. The predicted molar refractivity (Wildman–Crippen MR) is 115 cm³/mol. The third-order valence-corrected chi connectivity index (χ3v) is 5.95. The van der Waals surface area contributed by atoms with Crippen LogP contribution in [0.4, 0.5) is 5.69 Å². The highest BCUT2D eigenvalue weighted by molar-refractivity contribution is 7.89. The highest BCUT2D eigenvalue weighted by Crippen LogP contribution is 2.21. The van der Waals surface area contributed by atoms with Crippen LogP contribution in [-0.2, 0) is 27.9 Å². The van der Waals surface area contributed by atoms with Crippen LogP contribution in [0.15, 0.2) is 80.7 Å². The number of carbonyl (C=O) groups is 1. The van der Waals surface area contributed by atoms with E-state index in [9.17, 15) is 23.3 Å². The number of aromatic nitrogens is 2. The number of non-ortho nitro benzene ring substituents is 1. The topological polar surface area (TPSA) is 168 Å². The number of benzene rings is 2. The Hall–Kier alpha value is -4.36. The Morgan fingerprint density at radius 2 is 1.79 bits per heavy atom. The Balaban J connectivity index is 1.34. The van der Waals surface area contributed by atoms with Crippen LogP contribution in [0.1, 0.15) is 22.0 Å². The second kappa shape index (κ2) is 9.64. The molecule has 0 aliphatic rings. The Morgan fingerprint density at radius 1 is 1.06 bits per heavy atom. The second-order valence-electron chi connectivity index (χ2n) is 6.81. The minimum absolute atomic E-state index is 0.00876. The summed E-state index contributed by atoms with van der Waals surface area (Å²) in [5, 5.41) is 18.3. The van der Waals surface area contributed by atoms with E-state index in [0.29, 0.717) is 11.3 Å². The molecule has 0 bridgehead atoms. The molecule has 0 atom stereocenters. The van der Waals surface area contributed by atoms with Crippen molar-refractivity contribution in [3.05, 3.63) is 94.3 Å². The summed E-state index contributed by atoms with van der Waals surface area (Å²) in [5.41, 5.74) is 0.512. The van der Waals surface area contributed by atoms with Gasteiger partial charge < -0.3 is 13.6 Å². The molecule has 2 heterocycles. The average molecular weight is 484 g/mol. The molecule has 13 heteroatoms. The van der Waals surface area contributed by atoms with Crippen molar-refractivity contribution in [2.45, 2.75) is 18.0 Å². The highest BCUT2D eigenvalue weighted by atomic mass is 32.2. The van der Waals surface area contributed by atoms with E-state index in [1.165, 1.54) is 54.8 Å². The summed E-state index contributed by atoms with van der Waals surface area (Å²) in [7, 11) is -3.80. The van der Waals surface area contributed by atoms with Crippen molar-refractivity contribution in [2.24, 2.45) is 0 Å². The molecule has 0 unspecified atom stereocenters. The lowest BCUT2D eigenvalue weighted by molar-refractivity contribution is -0.384. The van der Waals surface area contributed by atoms with Gasteiger partial charge in [0.05, 0.1) is 28.2 Å². The first-order valence-corrected chi connectivity index (χ1v) is 11.2. The van der Waals surface area contributed by atoms with E-state index in [1.54, 1.807) is 12.1 Å². The zero-order valence-electron chi connectivity index (χ0n) is 17.3. The number of hydrogen-bond acceptors (Lipinski definition) is 10. The number of sulfonamides is 1. The van der Waals surface area contributed by atoms with E-state index >= 15 is 0 Å². The predicted octanol–water partition coefficient (Wildman–Crippen LogP) is 3.07. The number of nitrogens with zero attached hydrogens (tertiary/aromatic N) is 3. The van der Waals surface area contributed by atoms with Crippen LogP contribution in [0.25, 0.3) is 11.5 Å². The van der Waals surface area contributed by atoms with Gasteiger partial charge in [0.1, 0.15) is 5.76 Å². The largest absolute Gasteiger partial charge is 0.468 e. The molecule has 0 spiro atoms. The van der Waals surface area contributed by atoms with Gasteiger partial charge in [-0.3, -0.25) is 10.1 Å². The number of furan rings is 1. The molecular weight excluding hydrogens is 468 g/mol. The number of esters is 1. The number of carbonyl (C=O) groups excluding carboxylic acids is 1. The van der Waals surface area contributed by atoms with E-state index in [4.69, 9.17) is 13.6 Å². The van der Waals surface area contributed by atoms with Gasteiger partial charge in [0.15, 0.2) is 6.61 Å². The summed E-state index contributed by atoms with van der Waals surface area (Å²) in [4.78, 5) is 22.5. The molecule has 4 rings (SSSR count). The molecular formula is C21H16N4O8S. The minimum Gasteiger partial charge on any atom is -0.468 e. The van der Waals surface area contributed by atoms with Gasteiger partial charge in [-0.2, -0.15) is 0 Å². The van der Waals surface area contributed by atoms with Crippen molar-refractivity contribution in [3.8, 4) is 11.5 Å². The Morgan fingerprint density at radius 3 is 2.44 bits per heavy atom. The Bertz CT molecular complexity index is 1400. The molecule has 0 fully saturated rings. The van der Waals surface area contributed by atoms with Crippen LogP contribution in [0, 0.1) is 10.1 Å². The van der Waals surface area contributed by atoms with Crippen LogP contribution in [0.3, 0.4) is 0 Å². The quantitative estimate of drug-likeness (QED) is 0.212. The first-order valence-electron chi connectivity index (χ1n) is 9.68. The zero-order chi connectivity index (χ0) is 24.1. The number of nitro groups is 1. The summed E-state index contributed by atoms with van der Waals surface area (Å²) in [6, 6.07) is 14.0. The van der Waals surface area contributed by atoms with Gasteiger partial charge in [0.2, 0.25) is 15.9 Å². The van der Waals surface area contributed by atoms with Crippen molar-refractivity contribution >= 4 is 21.7 Å². The third kappa shape index (κ3) is 5.33. The standard InChI is InChI=1S/C21H16N4O8S/c26-21(15-5-9-18(10-6-15)34(29,30)22-12-17-2-1-11-31-17)32-13-19-23-24-20(33-19)14-3-7-16(8-4-14)25(27)28/h1-11,22H,12-13H2. The first-order chi connectivity index (χ1) is 16.3. The molecule has 0 aliphatic heterocycles. The SMILES string of the molecule is O=C(OCc1nnc(-c2ccc([N+](=O)[O-])cc2)o1)c1ccc(S(=O)(=O)NCc2ccco2)cc1. The summed E-state index contributed by atoms with van der Waals surface area (Å²) in [6.45, 7) is -0.325. The Labute approximate surface area is 192 Å². The number of nitrogens with one attached hydrogen (secondary N) is 1. The molecule has 0 radical (unpaired) electrons. The zero-order valence-corrected chi connectivity index (χ0v) is 18.1. The van der Waals surface area contributed by atoms with E-state index in [2.05, 4.69) is 14.9 Å². The second-order valence-corrected chi connectivity index (χ2v) is 8.58. The van der Waals surface area contributed by atoms with E-state index < -0.39 is 20.9 Å². The van der Waals surface area contributed by atoms with Crippen LogP contribution in [-0.4, -0.2) is 29.5 Å². The molecule has 1 N–H and O–H groups in total. The van der Waals surface area contributed by atoms with Crippen molar-refractivity contribution in [3.63, 3.8) is 0 Å². The summed E-state index contributed by atoms with van der Waals surface area (Å²) in [5.74, 6) is -0.135. The van der Waals surface area contributed by atoms with Crippen LogP contribution < -0.4 is 4.72 Å². The summed E-state index contributed by atoms with van der Waals surface area (Å²) >= 11 is 0. The van der Waals surface area contributed by atoms with Gasteiger partial charge in [-0.1, -0.05) is 0 Å². The molecule has 0 saturated carbocycles. The number of hydrogen-bond donors (Lipinski definition) is 1. The smallest absolute Gasteiger partial charge is 0.338 e. The minimum atomic E-state index is -3.80. The fourth-order valence-corrected chi connectivity index (χ4v) is 3.79. The lowest BCUT2D eigenvalue weighted by Gasteiger charge is -2.07. The van der Waals surface area contributed by atoms with Crippen LogP contribution in [0.2, 0.25) is 0 Å². The summed E-state index contributed by atoms with van der Waals surface area (Å²) < 4.78 is 42.8. The molecule has 2 aromatic carbocycles. The van der Waals surface area contributed by atoms with Crippen LogP contribution in [0.5, 0.6) is 0 Å². The molecule has 0 saturated heterocycles. The molecule has 34 heavy (non-hydrogen) atoms. The normalized spacial score (nSPS) is 11.3. The maximum Gasteiger partial charge on any atom is 0.338 e. The van der Waals surface area contributed by atoms with E-state index in [-0.39, 0.29) is 41.1 Å². The number of ether oxygens (including phenoxy) is 1. The van der Waals surface area contributed by atoms with Crippen molar-refractivity contribution < 1.29 is 31.7 Å². The number of nitro benzene ring substituents is 1. The van der Waals surface area contributed by atoms with Crippen molar-refractivity contribution in [2.75, 3.05) is 0 Å². The highest BCUT2D eigenvalue weighted by Gasteiger charge is 2.17. The van der Waals surface area contributed by atoms with E-state index in [1.807, 2.05) is 0 Å². The maximum absolute atomic E-state index is 12.4. The fourth-order valence-electron chi connectivity index (χ4n) is 2.80. The fraction of sp³-hybridized carbons (Fsp3) is 0.0952. The van der Waals surface area contributed by atoms with Gasteiger partial charge in [0, 0.05) is 17.7 Å². The Kier molecular flexibility index (Phi) is 6.47. The lowest BCUT2D eigenvalue weighted by atomic mass is 10.2. The molecule has 12 nitrogen and oxygen atoms in total. The molecule has 4 aromatic rings. The molecule has 0 aliphatic carbocycles. The maximum atomic E-state index is 12.4. The van der Waals surface area contributed by atoms with Gasteiger partial charge in [-0.15, -0.1) is 10.2 Å². The summed E-state index contributed by atoms with van der Waals surface area (Å²) in [6.07, 6.45) is 1.44. The van der Waals surface area contributed by atoms with Gasteiger partial charge in [0.25, 0.3) is 11.6 Å². The third-order valence-electron chi connectivity index (χ3n) is 4.54. The monoisotopic (exact) mass is 484 g/mol. The van der Waals surface area contributed by atoms with Crippen molar-refractivity contribution in [1.29, 1.82) is 0 Å². The molecule has 174 valence electrons. The molecule has 2 aromatic heterocycles. The van der Waals surface area contributed by atoms with Crippen LogP contribution >= 0.6 is 0 Å². The number of rotatable bonds is 9. The first kappa shape index (κ1) is 22.8. The van der Waals surface area contributed by atoms with Gasteiger partial charge in [-0.25, -0.2) is 17.9 Å². The van der Waals surface area contributed by atoms with Crippen molar-refractivity contribution in [1.82, 2.24) is 14.9 Å². The van der Waals surface area contributed by atoms with Gasteiger partial charge in [-0.05, 0) is 48.5 Å².